The lowest BCUT2D eigenvalue weighted by molar-refractivity contribution is 0.0363. The smallest absolute Gasteiger partial charge is 0.182 e. The van der Waals surface area contributed by atoms with E-state index in [1.54, 1.807) is 0 Å². The number of ether oxygens (including phenoxy) is 2. The molecule has 0 amide bonds. The Labute approximate surface area is 141 Å². The Kier molecular flexibility index (Phi) is 11.1. The van der Waals surface area contributed by atoms with Gasteiger partial charge in [-0.05, 0) is 51.9 Å². The molecule has 0 aromatic rings. The van der Waals surface area contributed by atoms with Crippen LogP contribution in [0.4, 0.5) is 0 Å². The largest absolute Gasteiger partial charge is 0.495 e. The fourth-order valence-electron chi connectivity index (χ4n) is 2.58. The molecule has 1 heterocycles. The summed E-state index contributed by atoms with van der Waals surface area (Å²) in [5.74, 6) is 0.239. The molecule has 0 bridgehead atoms. The van der Waals surface area contributed by atoms with E-state index in [0.29, 0.717) is 32.4 Å². The van der Waals surface area contributed by atoms with E-state index in [0.717, 1.165) is 38.4 Å². The quantitative estimate of drug-likeness (QED) is 0.372. The Bertz CT molecular complexity index is 325. The van der Waals surface area contributed by atoms with Gasteiger partial charge in [0.2, 0.25) is 0 Å². The number of hydrogen-bond donors (Lipinski definition) is 3. The number of nitrogens with zero attached hydrogens (tertiary/aromatic N) is 1. The zero-order chi connectivity index (χ0) is 16.9. The number of piperidine rings is 1. The lowest BCUT2D eigenvalue weighted by Gasteiger charge is -2.32. The molecule has 0 aliphatic carbocycles. The van der Waals surface area contributed by atoms with Gasteiger partial charge >= 0.3 is 0 Å². The Morgan fingerprint density at radius 1 is 1.09 bits per heavy atom. The van der Waals surface area contributed by atoms with Gasteiger partial charge in [-0.25, -0.2) is 0 Å². The van der Waals surface area contributed by atoms with Gasteiger partial charge in [-0.2, -0.15) is 0 Å². The third kappa shape index (κ3) is 9.81. The molecular formula is C17H35N3O3. The second kappa shape index (κ2) is 12.6. The van der Waals surface area contributed by atoms with Gasteiger partial charge in [0, 0.05) is 19.1 Å². The van der Waals surface area contributed by atoms with Gasteiger partial charge in [-0.3, -0.25) is 0 Å². The van der Waals surface area contributed by atoms with Gasteiger partial charge in [-0.1, -0.05) is 6.92 Å². The van der Waals surface area contributed by atoms with Crippen LogP contribution in [0.5, 0.6) is 0 Å². The van der Waals surface area contributed by atoms with E-state index in [1.807, 2.05) is 13.8 Å². The summed E-state index contributed by atoms with van der Waals surface area (Å²) >= 11 is 0. The fourth-order valence-corrected chi connectivity index (χ4v) is 2.58. The maximum atomic E-state index is 9.45. The molecule has 23 heavy (non-hydrogen) atoms. The summed E-state index contributed by atoms with van der Waals surface area (Å²) in [4.78, 5) is 2.47. The van der Waals surface area contributed by atoms with Crippen molar-refractivity contribution in [3.8, 4) is 0 Å². The summed E-state index contributed by atoms with van der Waals surface area (Å²) in [5.41, 5.74) is 0.878. The zero-order valence-corrected chi connectivity index (χ0v) is 15.1. The van der Waals surface area contributed by atoms with Crippen molar-refractivity contribution in [2.75, 3.05) is 59.2 Å². The van der Waals surface area contributed by atoms with Crippen LogP contribution in [0.25, 0.3) is 0 Å². The van der Waals surface area contributed by atoms with Crippen molar-refractivity contribution in [2.24, 2.45) is 0 Å². The van der Waals surface area contributed by atoms with Gasteiger partial charge in [0.15, 0.2) is 5.88 Å². The summed E-state index contributed by atoms with van der Waals surface area (Å²) in [6.07, 6.45) is 2.48. The molecule has 0 radical (unpaired) electrons. The predicted molar refractivity (Wildman–Crippen MR) is 93.8 cm³/mol. The predicted octanol–water partition coefficient (Wildman–Crippen LogP) is 1.49. The second-order valence-electron chi connectivity index (χ2n) is 6.17. The van der Waals surface area contributed by atoms with Crippen molar-refractivity contribution in [2.45, 2.75) is 39.7 Å². The average molecular weight is 329 g/mol. The minimum Gasteiger partial charge on any atom is -0.495 e. The maximum absolute atomic E-state index is 9.45. The lowest BCUT2D eigenvalue weighted by atomic mass is 10.1. The molecule has 0 saturated carbocycles. The van der Waals surface area contributed by atoms with Crippen molar-refractivity contribution in [3.63, 3.8) is 0 Å². The Hall–Kier alpha value is -0.820. The Morgan fingerprint density at radius 2 is 1.74 bits per heavy atom. The minimum absolute atomic E-state index is 0.239. The third-order valence-electron chi connectivity index (χ3n) is 4.02. The number of aliphatic hydroxyl groups is 1. The first-order chi connectivity index (χ1) is 11.1. The van der Waals surface area contributed by atoms with Crippen molar-refractivity contribution in [3.05, 3.63) is 11.5 Å². The van der Waals surface area contributed by atoms with Crippen molar-refractivity contribution >= 4 is 0 Å². The van der Waals surface area contributed by atoms with E-state index in [9.17, 15) is 5.11 Å². The standard InChI is InChI=1S/C17H35N3O3/c1-4-18-16-5-8-20(9-6-16)10-12-23-14-13-22-11-7-19-17(21)15(2)3/h16,18-19,21H,4-14H2,1-3H3. The maximum Gasteiger partial charge on any atom is 0.182 e. The van der Waals surface area contributed by atoms with Crippen LogP contribution in [0, 0.1) is 0 Å². The fraction of sp³-hybridized carbons (Fsp3) is 0.882. The van der Waals surface area contributed by atoms with Gasteiger partial charge in [-0.15, -0.1) is 0 Å². The van der Waals surface area contributed by atoms with E-state index in [4.69, 9.17) is 9.47 Å². The van der Waals surface area contributed by atoms with Gasteiger partial charge in [0.05, 0.1) is 26.4 Å². The second-order valence-corrected chi connectivity index (χ2v) is 6.17. The molecule has 3 N–H and O–H groups in total. The summed E-state index contributed by atoms with van der Waals surface area (Å²) in [6, 6.07) is 0.699. The SMILES string of the molecule is CCNC1CCN(CCOCCOCCNC(O)=C(C)C)CC1. The molecule has 1 saturated heterocycles. The van der Waals surface area contributed by atoms with Gasteiger partial charge in [0.25, 0.3) is 0 Å². The highest BCUT2D eigenvalue weighted by molar-refractivity contribution is 4.98. The topological polar surface area (TPSA) is 66.0 Å². The highest BCUT2D eigenvalue weighted by atomic mass is 16.5. The number of hydrogen-bond acceptors (Lipinski definition) is 6. The lowest BCUT2D eigenvalue weighted by Crippen LogP contribution is -2.43. The Balaban J connectivity index is 1.86. The molecule has 0 spiro atoms. The molecule has 6 nitrogen and oxygen atoms in total. The first kappa shape index (κ1) is 20.2. The summed E-state index contributed by atoms with van der Waals surface area (Å²) in [5, 5.41) is 15.9. The molecule has 0 aromatic heterocycles. The monoisotopic (exact) mass is 329 g/mol. The molecule has 0 unspecified atom stereocenters. The number of nitrogens with one attached hydrogen (secondary N) is 2. The van der Waals surface area contributed by atoms with Crippen molar-refractivity contribution in [1.29, 1.82) is 0 Å². The molecule has 0 aromatic carbocycles. The highest BCUT2D eigenvalue weighted by Gasteiger charge is 2.17. The average Bonchev–Trinajstić information content (AvgIpc) is 2.54. The number of allylic oxidation sites excluding steroid dienone is 1. The number of likely N-dealkylation sites (tertiary alicyclic amines) is 1. The van der Waals surface area contributed by atoms with Crippen LogP contribution in [0.1, 0.15) is 33.6 Å². The molecule has 1 fully saturated rings. The van der Waals surface area contributed by atoms with Crippen LogP contribution in [0.2, 0.25) is 0 Å². The molecular weight excluding hydrogens is 294 g/mol. The Morgan fingerprint density at radius 3 is 2.35 bits per heavy atom. The molecule has 0 atom stereocenters. The van der Waals surface area contributed by atoms with Crippen LogP contribution in [0.15, 0.2) is 11.5 Å². The van der Waals surface area contributed by atoms with Crippen LogP contribution in [0.3, 0.4) is 0 Å². The van der Waals surface area contributed by atoms with E-state index in [1.165, 1.54) is 12.8 Å². The third-order valence-corrected chi connectivity index (χ3v) is 4.02. The summed E-state index contributed by atoms with van der Waals surface area (Å²) in [7, 11) is 0. The number of aliphatic hydroxyl groups excluding tert-OH is 1. The normalized spacial score (nSPS) is 16.5. The van der Waals surface area contributed by atoms with Crippen molar-refractivity contribution < 1.29 is 14.6 Å². The summed E-state index contributed by atoms with van der Waals surface area (Å²) < 4.78 is 11.1. The molecule has 1 aliphatic rings. The van der Waals surface area contributed by atoms with Crippen LogP contribution >= 0.6 is 0 Å². The van der Waals surface area contributed by atoms with E-state index < -0.39 is 0 Å². The van der Waals surface area contributed by atoms with Crippen LogP contribution in [-0.4, -0.2) is 75.2 Å². The first-order valence-corrected chi connectivity index (χ1v) is 8.85. The van der Waals surface area contributed by atoms with E-state index in [2.05, 4.69) is 22.5 Å². The summed E-state index contributed by atoms with van der Waals surface area (Å²) in [6.45, 7) is 13.5. The molecule has 1 rings (SSSR count). The van der Waals surface area contributed by atoms with E-state index in [-0.39, 0.29) is 5.88 Å². The molecule has 1 aliphatic heterocycles. The van der Waals surface area contributed by atoms with Crippen molar-refractivity contribution in [1.82, 2.24) is 15.5 Å². The molecule has 136 valence electrons. The van der Waals surface area contributed by atoms with E-state index >= 15 is 0 Å². The zero-order valence-electron chi connectivity index (χ0n) is 15.1. The van der Waals surface area contributed by atoms with Crippen LogP contribution < -0.4 is 10.6 Å². The molecule has 6 heteroatoms. The minimum atomic E-state index is 0.239. The first-order valence-electron chi connectivity index (χ1n) is 8.85. The van der Waals surface area contributed by atoms with Crippen LogP contribution in [-0.2, 0) is 9.47 Å². The van der Waals surface area contributed by atoms with Gasteiger partial charge in [0.1, 0.15) is 0 Å². The van der Waals surface area contributed by atoms with Gasteiger partial charge < -0.3 is 30.1 Å². The highest BCUT2D eigenvalue weighted by Crippen LogP contribution is 2.09. The number of rotatable bonds is 12.